The molecular weight excluding hydrogens is 274 g/mol. The van der Waals surface area contributed by atoms with Crippen molar-refractivity contribution in [3.05, 3.63) is 65.2 Å². The van der Waals surface area contributed by atoms with Crippen molar-refractivity contribution >= 4 is 23.2 Å². The zero-order chi connectivity index (χ0) is 14.5. The lowest BCUT2D eigenvalue weighted by Gasteiger charge is -2.19. The number of hydrogen-bond acceptors (Lipinski definition) is 2. The number of carbonyl (C=O) groups excluding carboxylic acids is 1. The van der Waals surface area contributed by atoms with Crippen molar-refractivity contribution in [2.75, 3.05) is 5.32 Å². The Hall–Kier alpha value is -1.84. The van der Waals surface area contributed by atoms with E-state index in [9.17, 15) is 9.90 Å². The molecule has 2 aromatic rings. The first-order valence-electron chi connectivity index (χ1n) is 6.38. The van der Waals surface area contributed by atoms with Crippen LogP contribution < -0.4 is 5.32 Å². The van der Waals surface area contributed by atoms with E-state index in [0.717, 1.165) is 0 Å². The second kappa shape index (κ2) is 6.55. The first kappa shape index (κ1) is 14.6. The van der Waals surface area contributed by atoms with Crippen LogP contribution in [0.5, 0.6) is 0 Å². The number of aliphatic hydroxyl groups is 1. The van der Waals surface area contributed by atoms with E-state index in [0.29, 0.717) is 16.3 Å². The fourth-order valence-corrected chi connectivity index (χ4v) is 2.15. The van der Waals surface area contributed by atoms with E-state index in [1.807, 2.05) is 18.2 Å². The van der Waals surface area contributed by atoms with Crippen LogP contribution in [-0.2, 0) is 4.79 Å². The van der Waals surface area contributed by atoms with Gasteiger partial charge in [-0.15, -0.1) is 0 Å². The Bertz CT molecular complexity index is 586. The quantitative estimate of drug-likeness (QED) is 0.902. The molecule has 1 amide bonds. The molecular formula is C16H16ClNO2. The molecule has 4 heteroatoms. The van der Waals surface area contributed by atoms with Crippen LogP contribution in [0.4, 0.5) is 5.69 Å². The van der Waals surface area contributed by atoms with Crippen molar-refractivity contribution in [2.45, 2.75) is 13.0 Å². The van der Waals surface area contributed by atoms with E-state index < -0.39 is 12.0 Å². The largest absolute Gasteiger partial charge is 0.388 e. The second-order valence-corrected chi connectivity index (χ2v) is 5.02. The van der Waals surface area contributed by atoms with E-state index >= 15 is 0 Å². The number of rotatable bonds is 4. The number of carbonyl (C=O) groups is 1. The van der Waals surface area contributed by atoms with Gasteiger partial charge in [-0.05, 0) is 23.8 Å². The van der Waals surface area contributed by atoms with E-state index in [1.165, 1.54) is 0 Å². The Labute approximate surface area is 123 Å². The van der Waals surface area contributed by atoms with Crippen LogP contribution in [-0.4, -0.2) is 11.0 Å². The molecule has 0 aliphatic rings. The number of hydrogen-bond donors (Lipinski definition) is 2. The molecule has 2 aromatic carbocycles. The number of amides is 1. The number of benzene rings is 2. The van der Waals surface area contributed by atoms with Gasteiger partial charge in [-0.1, -0.05) is 54.9 Å². The van der Waals surface area contributed by atoms with Crippen molar-refractivity contribution in [1.29, 1.82) is 0 Å². The highest BCUT2D eigenvalue weighted by Crippen LogP contribution is 2.28. The van der Waals surface area contributed by atoms with E-state index in [1.54, 1.807) is 43.3 Å². The molecule has 3 nitrogen and oxygen atoms in total. The van der Waals surface area contributed by atoms with Gasteiger partial charge in [-0.2, -0.15) is 0 Å². The maximum absolute atomic E-state index is 12.1. The minimum absolute atomic E-state index is 0.247. The van der Waals surface area contributed by atoms with Gasteiger partial charge in [0.2, 0.25) is 5.91 Å². The zero-order valence-corrected chi connectivity index (χ0v) is 11.8. The zero-order valence-electron chi connectivity index (χ0n) is 11.1. The summed E-state index contributed by atoms with van der Waals surface area (Å²) in [6.07, 6.45) is -0.938. The van der Waals surface area contributed by atoms with Gasteiger partial charge in [0, 0.05) is 10.7 Å². The Morgan fingerprint density at radius 3 is 2.35 bits per heavy atom. The lowest BCUT2D eigenvalue weighted by atomic mass is 9.96. The average molecular weight is 290 g/mol. The highest BCUT2D eigenvalue weighted by atomic mass is 35.5. The third-order valence-corrected chi connectivity index (χ3v) is 3.50. The molecule has 2 N–H and O–H groups in total. The van der Waals surface area contributed by atoms with Gasteiger partial charge in [0.1, 0.15) is 0 Å². The van der Waals surface area contributed by atoms with Gasteiger partial charge in [-0.3, -0.25) is 4.79 Å². The number of aliphatic hydroxyl groups excluding tert-OH is 1. The lowest BCUT2D eigenvalue weighted by Crippen LogP contribution is -2.26. The van der Waals surface area contributed by atoms with Gasteiger partial charge in [-0.25, -0.2) is 0 Å². The van der Waals surface area contributed by atoms with Crippen LogP contribution >= 0.6 is 11.6 Å². The number of anilines is 1. The summed E-state index contributed by atoms with van der Waals surface area (Å²) in [5.74, 6) is -0.848. The van der Waals surface area contributed by atoms with Gasteiger partial charge < -0.3 is 10.4 Å². The fraction of sp³-hybridized carbons (Fsp3) is 0.188. The van der Waals surface area contributed by atoms with Crippen molar-refractivity contribution in [2.24, 2.45) is 5.92 Å². The monoisotopic (exact) mass is 289 g/mol. The van der Waals surface area contributed by atoms with Crippen molar-refractivity contribution in [3.63, 3.8) is 0 Å². The van der Waals surface area contributed by atoms with Crippen LogP contribution in [0.1, 0.15) is 18.6 Å². The van der Waals surface area contributed by atoms with Gasteiger partial charge in [0.25, 0.3) is 0 Å². The summed E-state index contributed by atoms with van der Waals surface area (Å²) >= 11 is 6.04. The SMILES string of the molecule is C[C@@H](C(=O)Nc1ccccc1)[C@H](O)c1ccccc1Cl. The highest BCUT2D eigenvalue weighted by molar-refractivity contribution is 6.31. The molecule has 0 radical (unpaired) electrons. The molecule has 0 bridgehead atoms. The number of nitrogens with one attached hydrogen (secondary N) is 1. The summed E-state index contributed by atoms with van der Waals surface area (Å²) in [5.41, 5.74) is 1.26. The van der Waals surface area contributed by atoms with Gasteiger partial charge in [0.15, 0.2) is 0 Å². The molecule has 2 atom stereocenters. The summed E-state index contributed by atoms with van der Waals surface area (Å²) < 4.78 is 0. The molecule has 2 rings (SSSR count). The molecule has 0 heterocycles. The van der Waals surface area contributed by atoms with Crippen molar-refractivity contribution in [3.8, 4) is 0 Å². The van der Waals surface area contributed by atoms with Crippen LogP contribution in [0, 0.1) is 5.92 Å². The van der Waals surface area contributed by atoms with Crippen LogP contribution in [0.2, 0.25) is 5.02 Å². The average Bonchev–Trinajstić information content (AvgIpc) is 2.47. The second-order valence-electron chi connectivity index (χ2n) is 4.61. The molecule has 0 fully saturated rings. The molecule has 0 spiro atoms. The summed E-state index contributed by atoms with van der Waals surface area (Å²) in [7, 11) is 0. The van der Waals surface area contributed by atoms with Gasteiger partial charge >= 0.3 is 0 Å². The Morgan fingerprint density at radius 2 is 1.70 bits per heavy atom. The Morgan fingerprint density at radius 1 is 1.10 bits per heavy atom. The third-order valence-electron chi connectivity index (χ3n) is 3.15. The number of halogens is 1. The Kier molecular flexibility index (Phi) is 4.77. The third kappa shape index (κ3) is 3.38. The summed E-state index contributed by atoms with van der Waals surface area (Å²) in [5, 5.41) is 13.5. The molecule has 0 aliphatic heterocycles. The summed E-state index contributed by atoms with van der Waals surface area (Å²) in [6.45, 7) is 1.67. The van der Waals surface area contributed by atoms with E-state index in [-0.39, 0.29) is 5.91 Å². The maximum atomic E-state index is 12.1. The number of para-hydroxylation sites is 1. The molecule has 104 valence electrons. The van der Waals surface area contributed by atoms with E-state index in [4.69, 9.17) is 11.6 Å². The molecule has 0 saturated heterocycles. The summed E-state index contributed by atoms with van der Waals surface area (Å²) in [6, 6.07) is 16.1. The highest BCUT2D eigenvalue weighted by Gasteiger charge is 2.25. The smallest absolute Gasteiger partial charge is 0.230 e. The fourth-order valence-electron chi connectivity index (χ4n) is 1.91. The van der Waals surface area contributed by atoms with E-state index in [2.05, 4.69) is 5.32 Å². The first-order chi connectivity index (χ1) is 9.59. The minimum Gasteiger partial charge on any atom is -0.388 e. The van der Waals surface area contributed by atoms with Crippen LogP contribution in [0.15, 0.2) is 54.6 Å². The predicted molar refractivity (Wildman–Crippen MR) is 80.6 cm³/mol. The first-order valence-corrected chi connectivity index (χ1v) is 6.76. The normalized spacial score (nSPS) is 13.6. The summed E-state index contributed by atoms with van der Waals surface area (Å²) in [4.78, 5) is 12.1. The molecule has 20 heavy (non-hydrogen) atoms. The maximum Gasteiger partial charge on any atom is 0.230 e. The minimum atomic E-state index is -0.938. The van der Waals surface area contributed by atoms with Crippen LogP contribution in [0.25, 0.3) is 0 Å². The Balaban J connectivity index is 2.09. The van der Waals surface area contributed by atoms with Gasteiger partial charge in [0.05, 0.1) is 12.0 Å². The predicted octanol–water partition coefficient (Wildman–Crippen LogP) is 3.65. The van der Waals surface area contributed by atoms with Crippen molar-refractivity contribution in [1.82, 2.24) is 0 Å². The topological polar surface area (TPSA) is 49.3 Å². The molecule has 0 aliphatic carbocycles. The van der Waals surface area contributed by atoms with Crippen LogP contribution in [0.3, 0.4) is 0 Å². The molecule has 0 aromatic heterocycles. The van der Waals surface area contributed by atoms with Crippen molar-refractivity contribution < 1.29 is 9.90 Å². The molecule has 0 unspecified atom stereocenters. The lowest BCUT2D eigenvalue weighted by molar-refractivity contribution is -0.122. The standard InChI is InChI=1S/C16H16ClNO2/c1-11(15(19)13-9-5-6-10-14(13)17)16(20)18-12-7-3-2-4-8-12/h2-11,15,19H,1H3,(H,18,20)/t11-,15+/m1/s1. The molecule has 0 saturated carbocycles.